The van der Waals surface area contributed by atoms with E-state index in [0.717, 1.165) is 5.56 Å². The van der Waals surface area contributed by atoms with Gasteiger partial charge in [-0.15, -0.1) is 0 Å². The van der Waals surface area contributed by atoms with Crippen molar-refractivity contribution in [3.8, 4) is 0 Å². The molecule has 0 amide bonds. The molecular formula is C14H14FNO2. The third kappa shape index (κ3) is 2.59. The number of carboxylic acids is 1. The quantitative estimate of drug-likeness (QED) is 0.901. The largest absolute Gasteiger partial charge is 0.477 e. The third-order valence-electron chi connectivity index (χ3n) is 2.92. The molecule has 0 aliphatic heterocycles. The summed E-state index contributed by atoms with van der Waals surface area (Å²) in [7, 11) is 0. The molecule has 0 spiro atoms. The monoisotopic (exact) mass is 247 g/mol. The molecule has 94 valence electrons. The van der Waals surface area contributed by atoms with E-state index in [0.29, 0.717) is 6.42 Å². The Bertz CT molecular complexity index is 545. The summed E-state index contributed by atoms with van der Waals surface area (Å²) in [5.41, 5.74) is 1.25. The van der Waals surface area contributed by atoms with Crippen molar-refractivity contribution in [1.29, 1.82) is 0 Å². The van der Waals surface area contributed by atoms with Crippen LogP contribution in [0.4, 0.5) is 4.39 Å². The number of hydrogen-bond donors (Lipinski definition) is 1. The van der Waals surface area contributed by atoms with Crippen molar-refractivity contribution in [2.45, 2.75) is 19.4 Å². The standard InChI is InChI=1S/C14H14FNO2/c1-10(9-11-4-6-12(15)7-5-11)16-8-2-3-13(16)14(17)18/h2-8,10H,9H2,1H3,(H,17,18). The van der Waals surface area contributed by atoms with Crippen molar-refractivity contribution in [3.05, 3.63) is 59.7 Å². The van der Waals surface area contributed by atoms with Crippen LogP contribution in [0.15, 0.2) is 42.6 Å². The van der Waals surface area contributed by atoms with Crippen LogP contribution < -0.4 is 0 Å². The molecule has 2 rings (SSSR count). The van der Waals surface area contributed by atoms with Gasteiger partial charge in [-0.05, 0) is 43.2 Å². The molecule has 0 bridgehead atoms. The molecular weight excluding hydrogens is 233 g/mol. The maximum Gasteiger partial charge on any atom is 0.352 e. The van der Waals surface area contributed by atoms with Crippen LogP contribution in [0.3, 0.4) is 0 Å². The summed E-state index contributed by atoms with van der Waals surface area (Å²) in [6.45, 7) is 1.94. The zero-order chi connectivity index (χ0) is 13.1. The molecule has 0 aliphatic rings. The number of halogens is 1. The molecule has 1 heterocycles. The Morgan fingerprint density at radius 2 is 2.00 bits per heavy atom. The van der Waals surface area contributed by atoms with Gasteiger partial charge in [-0.2, -0.15) is 0 Å². The lowest BCUT2D eigenvalue weighted by molar-refractivity contribution is 0.0683. The molecule has 1 N–H and O–H groups in total. The first kappa shape index (κ1) is 12.4. The maximum atomic E-state index is 12.8. The highest BCUT2D eigenvalue weighted by atomic mass is 19.1. The molecule has 1 aromatic heterocycles. The van der Waals surface area contributed by atoms with Crippen molar-refractivity contribution in [2.24, 2.45) is 0 Å². The van der Waals surface area contributed by atoms with Gasteiger partial charge in [0, 0.05) is 12.2 Å². The number of nitrogens with zero attached hydrogens (tertiary/aromatic N) is 1. The van der Waals surface area contributed by atoms with Gasteiger partial charge in [-0.1, -0.05) is 12.1 Å². The van der Waals surface area contributed by atoms with Gasteiger partial charge < -0.3 is 9.67 Å². The van der Waals surface area contributed by atoms with Crippen LogP contribution >= 0.6 is 0 Å². The molecule has 4 heteroatoms. The van der Waals surface area contributed by atoms with Gasteiger partial charge in [0.25, 0.3) is 0 Å². The minimum Gasteiger partial charge on any atom is -0.477 e. The lowest BCUT2D eigenvalue weighted by Gasteiger charge is -2.16. The number of rotatable bonds is 4. The minimum atomic E-state index is -0.939. The fourth-order valence-electron chi connectivity index (χ4n) is 2.02. The molecule has 0 saturated heterocycles. The van der Waals surface area contributed by atoms with Gasteiger partial charge in [0.2, 0.25) is 0 Å². The first-order chi connectivity index (χ1) is 8.58. The molecule has 0 fully saturated rings. The lowest BCUT2D eigenvalue weighted by Crippen LogP contribution is -2.13. The van der Waals surface area contributed by atoms with E-state index in [1.165, 1.54) is 12.1 Å². The number of benzene rings is 1. The van der Waals surface area contributed by atoms with Crippen LogP contribution in [0.5, 0.6) is 0 Å². The van der Waals surface area contributed by atoms with E-state index < -0.39 is 5.97 Å². The number of aromatic carboxylic acids is 1. The lowest BCUT2D eigenvalue weighted by atomic mass is 10.1. The predicted octanol–water partition coefficient (Wildman–Crippen LogP) is 3.13. The van der Waals surface area contributed by atoms with Crippen molar-refractivity contribution < 1.29 is 14.3 Å². The second-order valence-corrected chi connectivity index (χ2v) is 4.29. The second kappa shape index (κ2) is 5.04. The minimum absolute atomic E-state index is 0.0107. The molecule has 2 aromatic rings. The van der Waals surface area contributed by atoms with Crippen LogP contribution in [0.25, 0.3) is 0 Å². The van der Waals surface area contributed by atoms with Crippen molar-refractivity contribution in [3.63, 3.8) is 0 Å². The summed E-state index contributed by atoms with van der Waals surface area (Å²) in [5, 5.41) is 9.04. The molecule has 1 atom stereocenters. The van der Waals surface area contributed by atoms with E-state index >= 15 is 0 Å². The summed E-state index contributed by atoms with van der Waals surface area (Å²) in [4.78, 5) is 11.0. The Morgan fingerprint density at radius 1 is 1.33 bits per heavy atom. The Balaban J connectivity index is 2.16. The Morgan fingerprint density at radius 3 is 2.61 bits per heavy atom. The first-order valence-electron chi connectivity index (χ1n) is 5.72. The van der Waals surface area contributed by atoms with Crippen LogP contribution in [0, 0.1) is 5.82 Å². The summed E-state index contributed by atoms with van der Waals surface area (Å²) in [5.74, 6) is -1.20. The van der Waals surface area contributed by atoms with E-state index in [1.54, 1.807) is 35.0 Å². The van der Waals surface area contributed by atoms with E-state index in [-0.39, 0.29) is 17.6 Å². The fourth-order valence-corrected chi connectivity index (χ4v) is 2.02. The van der Waals surface area contributed by atoms with E-state index in [9.17, 15) is 9.18 Å². The summed E-state index contributed by atoms with van der Waals surface area (Å²) >= 11 is 0. The van der Waals surface area contributed by atoms with Crippen LogP contribution in [0.1, 0.15) is 29.0 Å². The summed E-state index contributed by atoms with van der Waals surface area (Å²) in [6, 6.07) is 9.56. The first-order valence-corrected chi connectivity index (χ1v) is 5.72. The molecule has 3 nitrogen and oxygen atoms in total. The average molecular weight is 247 g/mol. The number of aromatic nitrogens is 1. The van der Waals surface area contributed by atoms with E-state index in [4.69, 9.17) is 5.11 Å². The highest BCUT2D eigenvalue weighted by Gasteiger charge is 2.13. The van der Waals surface area contributed by atoms with Gasteiger partial charge in [-0.25, -0.2) is 9.18 Å². The average Bonchev–Trinajstić information content (AvgIpc) is 2.81. The summed E-state index contributed by atoms with van der Waals surface area (Å²) in [6.07, 6.45) is 2.41. The van der Waals surface area contributed by atoms with Gasteiger partial charge in [0.1, 0.15) is 11.5 Å². The summed E-state index contributed by atoms with van der Waals surface area (Å²) < 4.78 is 14.5. The number of carbonyl (C=O) groups is 1. The van der Waals surface area contributed by atoms with Crippen molar-refractivity contribution >= 4 is 5.97 Å². The molecule has 18 heavy (non-hydrogen) atoms. The Hall–Kier alpha value is -2.10. The van der Waals surface area contributed by atoms with E-state index in [2.05, 4.69) is 0 Å². The Kier molecular flexibility index (Phi) is 3.46. The zero-order valence-electron chi connectivity index (χ0n) is 10.0. The third-order valence-corrected chi connectivity index (χ3v) is 2.92. The SMILES string of the molecule is CC(Cc1ccc(F)cc1)n1cccc1C(=O)O. The number of hydrogen-bond acceptors (Lipinski definition) is 1. The molecule has 1 aromatic carbocycles. The van der Waals surface area contributed by atoms with Crippen LogP contribution in [-0.4, -0.2) is 15.6 Å². The maximum absolute atomic E-state index is 12.8. The van der Waals surface area contributed by atoms with E-state index in [1.807, 2.05) is 6.92 Å². The van der Waals surface area contributed by atoms with Crippen molar-refractivity contribution in [2.75, 3.05) is 0 Å². The molecule has 0 saturated carbocycles. The molecule has 1 unspecified atom stereocenters. The molecule has 0 aliphatic carbocycles. The van der Waals surface area contributed by atoms with Gasteiger partial charge in [-0.3, -0.25) is 0 Å². The van der Waals surface area contributed by atoms with Crippen molar-refractivity contribution in [1.82, 2.24) is 4.57 Å². The molecule has 0 radical (unpaired) electrons. The number of carboxylic acid groups (broad SMARTS) is 1. The predicted molar refractivity (Wildman–Crippen MR) is 66.2 cm³/mol. The second-order valence-electron chi connectivity index (χ2n) is 4.29. The van der Waals surface area contributed by atoms with Gasteiger partial charge in [0.05, 0.1) is 0 Å². The Labute approximate surface area is 104 Å². The topological polar surface area (TPSA) is 42.2 Å². The van der Waals surface area contributed by atoms with Gasteiger partial charge >= 0.3 is 5.97 Å². The van der Waals surface area contributed by atoms with Gasteiger partial charge in [0.15, 0.2) is 0 Å². The van der Waals surface area contributed by atoms with Crippen LogP contribution in [-0.2, 0) is 6.42 Å². The smallest absolute Gasteiger partial charge is 0.352 e. The highest BCUT2D eigenvalue weighted by molar-refractivity contribution is 5.85. The fraction of sp³-hybridized carbons (Fsp3) is 0.214. The van der Waals surface area contributed by atoms with Crippen LogP contribution in [0.2, 0.25) is 0 Å². The zero-order valence-corrected chi connectivity index (χ0v) is 10.0. The highest BCUT2D eigenvalue weighted by Crippen LogP contribution is 2.17. The normalized spacial score (nSPS) is 12.3.